The van der Waals surface area contributed by atoms with Crippen LogP contribution in [0.15, 0.2) is 188 Å². The first kappa shape index (κ1) is 28.8. The summed E-state index contributed by atoms with van der Waals surface area (Å²) in [5.41, 5.74) is 8.37. The Hall–Kier alpha value is -6.22. The number of thiophene rings is 1. The molecule has 10 rings (SSSR count). The zero-order chi connectivity index (χ0) is 33.0. The molecule has 0 aliphatic rings. The van der Waals surface area contributed by atoms with Gasteiger partial charge in [-0.3, -0.25) is 0 Å². The van der Waals surface area contributed by atoms with E-state index in [0.29, 0.717) is 0 Å². The summed E-state index contributed by atoms with van der Waals surface area (Å²) in [5, 5.41) is 10.2. The van der Waals surface area contributed by atoms with E-state index >= 15 is 0 Å². The van der Waals surface area contributed by atoms with Crippen LogP contribution in [0, 0.1) is 0 Å². The molecule has 0 fully saturated rings. The molecule has 1 heterocycles. The van der Waals surface area contributed by atoms with E-state index in [4.69, 9.17) is 0 Å². The first-order valence-corrected chi connectivity index (χ1v) is 17.9. The van der Waals surface area contributed by atoms with Crippen molar-refractivity contribution in [2.75, 3.05) is 4.90 Å². The lowest BCUT2D eigenvalue weighted by atomic mass is 9.92. The smallest absolute Gasteiger partial charge is 0.0540 e. The van der Waals surface area contributed by atoms with Gasteiger partial charge in [0.1, 0.15) is 0 Å². The van der Waals surface area contributed by atoms with Crippen molar-refractivity contribution in [1.82, 2.24) is 0 Å². The minimum atomic E-state index is 1.12. The molecular weight excluding hydrogens is 623 g/mol. The fourth-order valence-electron chi connectivity index (χ4n) is 7.72. The van der Waals surface area contributed by atoms with Gasteiger partial charge < -0.3 is 4.90 Å². The lowest BCUT2D eigenvalue weighted by molar-refractivity contribution is 1.30. The molecule has 0 unspecified atom stereocenters. The highest BCUT2D eigenvalue weighted by molar-refractivity contribution is 7.26. The monoisotopic (exact) mass is 653 g/mol. The van der Waals surface area contributed by atoms with E-state index in [-0.39, 0.29) is 0 Å². The van der Waals surface area contributed by atoms with Crippen LogP contribution in [0.4, 0.5) is 17.1 Å². The van der Waals surface area contributed by atoms with E-state index in [1.165, 1.54) is 74.7 Å². The average molecular weight is 654 g/mol. The van der Waals surface area contributed by atoms with Gasteiger partial charge in [-0.1, -0.05) is 146 Å². The standard InChI is InChI=1S/C48H31NS/c1-2-11-32(12-3-1)38-27-28-39(43-19-9-8-18-42(38)43)35-21-24-36(25-22-35)49(45-20-10-15-33-13-4-6-16-40(33)45)37-26-30-46-44(31-37)48-41-17-7-5-14-34(41)23-29-47(48)50-46/h1-31H. The molecule has 0 saturated heterocycles. The quantitative estimate of drug-likeness (QED) is 0.179. The van der Waals surface area contributed by atoms with Crippen molar-refractivity contribution in [2.45, 2.75) is 0 Å². The molecule has 1 nitrogen and oxygen atoms in total. The molecule has 10 aromatic rings. The van der Waals surface area contributed by atoms with Crippen LogP contribution in [-0.2, 0) is 0 Å². The Morgan fingerprint density at radius 3 is 1.64 bits per heavy atom. The highest BCUT2D eigenvalue weighted by Gasteiger charge is 2.18. The number of anilines is 3. The predicted octanol–water partition coefficient (Wildman–Crippen LogP) is 14.3. The number of hydrogen-bond acceptors (Lipinski definition) is 2. The normalized spacial score (nSPS) is 11.6. The maximum absolute atomic E-state index is 2.43. The van der Waals surface area contributed by atoms with Gasteiger partial charge in [0.2, 0.25) is 0 Å². The van der Waals surface area contributed by atoms with Crippen LogP contribution in [0.5, 0.6) is 0 Å². The average Bonchev–Trinajstić information content (AvgIpc) is 3.57. The third-order valence-corrected chi connectivity index (χ3v) is 11.2. The van der Waals surface area contributed by atoms with Gasteiger partial charge in [-0.15, -0.1) is 11.3 Å². The van der Waals surface area contributed by atoms with Crippen molar-refractivity contribution in [3.63, 3.8) is 0 Å². The summed E-state index contributed by atoms with van der Waals surface area (Å²) in [6, 6.07) is 68.7. The maximum atomic E-state index is 2.43. The minimum Gasteiger partial charge on any atom is -0.310 e. The second-order valence-electron chi connectivity index (χ2n) is 12.9. The highest BCUT2D eigenvalue weighted by Crippen LogP contribution is 2.45. The van der Waals surface area contributed by atoms with Gasteiger partial charge in [-0.2, -0.15) is 0 Å². The third-order valence-electron chi connectivity index (χ3n) is 10.1. The van der Waals surface area contributed by atoms with Crippen molar-refractivity contribution in [3.05, 3.63) is 188 Å². The van der Waals surface area contributed by atoms with Crippen molar-refractivity contribution in [1.29, 1.82) is 0 Å². The van der Waals surface area contributed by atoms with Gasteiger partial charge in [0.05, 0.1) is 5.69 Å². The molecule has 0 spiro atoms. The van der Waals surface area contributed by atoms with E-state index in [0.717, 1.165) is 17.1 Å². The first-order chi connectivity index (χ1) is 24.8. The molecule has 0 bridgehead atoms. The Balaban J connectivity index is 1.15. The second kappa shape index (κ2) is 11.7. The van der Waals surface area contributed by atoms with Crippen LogP contribution in [0.2, 0.25) is 0 Å². The number of nitrogens with zero attached hydrogens (tertiary/aromatic N) is 1. The van der Waals surface area contributed by atoms with E-state index in [1.807, 2.05) is 11.3 Å². The van der Waals surface area contributed by atoms with Gasteiger partial charge in [-0.25, -0.2) is 0 Å². The number of fused-ring (bicyclic) bond motifs is 7. The number of benzene rings is 9. The van der Waals surface area contributed by atoms with Gasteiger partial charge in [0.15, 0.2) is 0 Å². The topological polar surface area (TPSA) is 3.24 Å². The predicted molar refractivity (Wildman–Crippen MR) is 217 cm³/mol. The lowest BCUT2D eigenvalue weighted by Crippen LogP contribution is -2.10. The molecule has 9 aromatic carbocycles. The zero-order valence-corrected chi connectivity index (χ0v) is 28.1. The molecule has 0 saturated carbocycles. The molecule has 2 heteroatoms. The summed E-state index contributed by atoms with van der Waals surface area (Å²) in [5.74, 6) is 0. The molecule has 50 heavy (non-hydrogen) atoms. The van der Waals surface area contributed by atoms with Crippen LogP contribution in [0.1, 0.15) is 0 Å². The van der Waals surface area contributed by atoms with Crippen molar-refractivity contribution < 1.29 is 0 Å². The van der Waals surface area contributed by atoms with Crippen LogP contribution in [0.3, 0.4) is 0 Å². The molecule has 0 atom stereocenters. The SMILES string of the molecule is c1ccc(-c2ccc(-c3ccc(N(c4ccc5sc6ccc7ccccc7c6c5c4)c4cccc5ccccc45)cc3)c3ccccc23)cc1. The first-order valence-electron chi connectivity index (χ1n) is 17.1. The Labute approximate surface area is 294 Å². The number of hydrogen-bond donors (Lipinski definition) is 0. The molecule has 0 amide bonds. The molecule has 1 aromatic heterocycles. The van der Waals surface area contributed by atoms with Gasteiger partial charge in [0.25, 0.3) is 0 Å². The Morgan fingerprint density at radius 2 is 0.900 bits per heavy atom. The fraction of sp³-hybridized carbons (Fsp3) is 0. The van der Waals surface area contributed by atoms with Crippen molar-refractivity contribution >= 4 is 80.9 Å². The summed E-state index contributed by atoms with van der Waals surface area (Å²) in [6.45, 7) is 0. The van der Waals surface area contributed by atoms with Crippen molar-refractivity contribution in [3.8, 4) is 22.3 Å². The lowest BCUT2D eigenvalue weighted by Gasteiger charge is -2.27. The Kier molecular flexibility index (Phi) is 6.75. The van der Waals surface area contributed by atoms with Crippen molar-refractivity contribution in [2.24, 2.45) is 0 Å². The largest absolute Gasteiger partial charge is 0.310 e. The van der Waals surface area contributed by atoms with E-state index in [9.17, 15) is 0 Å². The van der Waals surface area contributed by atoms with Gasteiger partial charge >= 0.3 is 0 Å². The molecule has 0 aliphatic carbocycles. The fourth-order valence-corrected chi connectivity index (χ4v) is 8.82. The Bertz CT molecular complexity index is 2860. The summed E-state index contributed by atoms with van der Waals surface area (Å²) in [4.78, 5) is 2.43. The molecule has 0 radical (unpaired) electrons. The highest BCUT2D eigenvalue weighted by atomic mass is 32.1. The molecule has 0 N–H and O–H groups in total. The van der Waals surface area contributed by atoms with Crippen LogP contribution >= 0.6 is 11.3 Å². The second-order valence-corrected chi connectivity index (χ2v) is 14.0. The van der Waals surface area contributed by atoms with Gasteiger partial charge in [0, 0.05) is 36.9 Å². The maximum Gasteiger partial charge on any atom is 0.0540 e. The van der Waals surface area contributed by atoms with Crippen LogP contribution in [-0.4, -0.2) is 0 Å². The van der Waals surface area contributed by atoms with E-state index in [2.05, 4.69) is 193 Å². The molecule has 0 aliphatic heterocycles. The van der Waals surface area contributed by atoms with E-state index < -0.39 is 0 Å². The van der Waals surface area contributed by atoms with Crippen LogP contribution < -0.4 is 4.90 Å². The summed E-state index contributed by atoms with van der Waals surface area (Å²) < 4.78 is 2.63. The van der Waals surface area contributed by atoms with Crippen LogP contribution in [0.25, 0.3) is 74.7 Å². The Morgan fingerprint density at radius 1 is 0.340 bits per heavy atom. The minimum absolute atomic E-state index is 1.12. The summed E-state index contributed by atoms with van der Waals surface area (Å²) in [6.07, 6.45) is 0. The number of rotatable bonds is 5. The summed E-state index contributed by atoms with van der Waals surface area (Å²) in [7, 11) is 0. The third kappa shape index (κ3) is 4.69. The molecule has 234 valence electrons. The molecular formula is C48H31NS. The van der Waals surface area contributed by atoms with Gasteiger partial charge in [-0.05, 0) is 91.6 Å². The summed E-state index contributed by atoms with van der Waals surface area (Å²) >= 11 is 1.87. The van der Waals surface area contributed by atoms with E-state index in [1.54, 1.807) is 0 Å². The zero-order valence-electron chi connectivity index (χ0n) is 27.3.